The summed E-state index contributed by atoms with van der Waals surface area (Å²) in [4.78, 5) is 38.1. The summed E-state index contributed by atoms with van der Waals surface area (Å²) in [6.45, 7) is 0. The summed E-state index contributed by atoms with van der Waals surface area (Å²) >= 11 is 1.03. The normalized spacial score (nSPS) is 17.2. The van der Waals surface area contributed by atoms with Gasteiger partial charge in [0.25, 0.3) is 11.5 Å². The van der Waals surface area contributed by atoms with E-state index in [-0.39, 0.29) is 22.0 Å². The number of non-ortho nitro benzene ring substituents is 1. The van der Waals surface area contributed by atoms with Gasteiger partial charge in [0.1, 0.15) is 17.0 Å². The van der Waals surface area contributed by atoms with Gasteiger partial charge in [0.2, 0.25) is 5.13 Å². The molecule has 1 unspecified atom stereocenters. The van der Waals surface area contributed by atoms with E-state index in [0.29, 0.717) is 11.3 Å². The second kappa shape index (κ2) is 8.61. The predicted molar refractivity (Wildman–Crippen MR) is 128 cm³/mol. The molecule has 1 saturated heterocycles. The maximum Gasteiger partial charge on any atom is 0.301 e. The number of fused-ring (bicyclic) bond motifs is 1. The number of anilines is 1. The Labute approximate surface area is 201 Å². The number of aliphatic hydroxyl groups is 1. The molecule has 5 rings (SSSR count). The Balaban J connectivity index is 1.71. The van der Waals surface area contributed by atoms with Crippen LogP contribution < -0.4 is 9.64 Å². The van der Waals surface area contributed by atoms with Crippen molar-refractivity contribution in [3.8, 4) is 5.75 Å². The van der Waals surface area contributed by atoms with Crippen LogP contribution in [0.1, 0.15) is 17.2 Å². The lowest BCUT2D eigenvalue weighted by molar-refractivity contribution is -0.384. The molecule has 1 atom stereocenters. The zero-order chi connectivity index (χ0) is 24.7. The van der Waals surface area contributed by atoms with Crippen LogP contribution in [0.25, 0.3) is 16.5 Å². The van der Waals surface area contributed by atoms with Crippen molar-refractivity contribution in [1.29, 1.82) is 0 Å². The molecule has 174 valence electrons. The van der Waals surface area contributed by atoms with Crippen LogP contribution in [-0.2, 0) is 9.59 Å². The second-order valence-corrected chi connectivity index (χ2v) is 8.48. The molecule has 1 aromatic heterocycles. The van der Waals surface area contributed by atoms with Crippen LogP contribution in [0.5, 0.6) is 5.75 Å². The first-order valence-electron chi connectivity index (χ1n) is 10.3. The van der Waals surface area contributed by atoms with E-state index >= 15 is 0 Å². The number of ketones is 1. The van der Waals surface area contributed by atoms with E-state index < -0.39 is 28.4 Å². The number of benzene rings is 3. The molecular weight excluding hydrogens is 472 g/mol. The molecule has 1 fully saturated rings. The van der Waals surface area contributed by atoms with Gasteiger partial charge >= 0.3 is 5.91 Å². The molecule has 11 heteroatoms. The van der Waals surface area contributed by atoms with Gasteiger partial charge in [-0.25, -0.2) is 0 Å². The van der Waals surface area contributed by atoms with Gasteiger partial charge in [-0.1, -0.05) is 41.7 Å². The van der Waals surface area contributed by atoms with Gasteiger partial charge in [-0.3, -0.25) is 24.6 Å². The quantitative estimate of drug-likeness (QED) is 0.145. The van der Waals surface area contributed by atoms with E-state index in [1.807, 2.05) is 12.1 Å². The van der Waals surface area contributed by atoms with Crippen LogP contribution in [0.15, 0.2) is 71.7 Å². The lowest BCUT2D eigenvalue weighted by Crippen LogP contribution is -2.29. The minimum absolute atomic E-state index is 0.133. The number of aliphatic hydroxyl groups excluding tert-OH is 1. The van der Waals surface area contributed by atoms with E-state index in [2.05, 4.69) is 10.2 Å². The first-order chi connectivity index (χ1) is 16.9. The number of amides is 1. The highest BCUT2D eigenvalue weighted by Gasteiger charge is 2.48. The van der Waals surface area contributed by atoms with Crippen LogP contribution in [0, 0.1) is 10.1 Å². The Hall–Kier alpha value is -4.64. The van der Waals surface area contributed by atoms with Crippen molar-refractivity contribution in [2.75, 3.05) is 12.0 Å². The van der Waals surface area contributed by atoms with E-state index in [1.54, 1.807) is 37.4 Å². The van der Waals surface area contributed by atoms with Crippen molar-refractivity contribution < 1.29 is 24.4 Å². The molecule has 0 radical (unpaired) electrons. The molecule has 1 amide bonds. The number of aromatic nitrogens is 2. The number of nitrogens with zero attached hydrogens (tertiary/aromatic N) is 4. The molecule has 0 bridgehead atoms. The maximum atomic E-state index is 13.2. The van der Waals surface area contributed by atoms with E-state index in [4.69, 9.17) is 4.74 Å². The van der Waals surface area contributed by atoms with Gasteiger partial charge in [0, 0.05) is 17.7 Å². The number of methoxy groups -OCH3 is 1. The number of nitro groups is 1. The number of carbonyl (C=O) groups excluding carboxylic acids is 2. The lowest BCUT2D eigenvalue weighted by Gasteiger charge is -2.22. The van der Waals surface area contributed by atoms with Crippen LogP contribution in [-0.4, -0.2) is 39.0 Å². The van der Waals surface area contributed by atoms with E-state index in [1.165, 1.54) is 23.7 Å². The van der Waals surface area contributed by atoms with Crippen LogP contribution in [0.3, 0.4) is 0 Å². The van der Waals surface area contributed by atoms with Gasteiger partial charge in [-0.15, -0.1) is 10.2 Å². The first-order valence-corrected chi connectivity index (χ1v) is 11.2. The monoisotopic (exact) mass is 488 g/mol. The number of hydrogen-bond donors (Lipinski definition) is 1. The number of ether oxygens (including phenoxy) is 1. The zero-order valence-electron chi connectivity index (χ0n) is 18.1. The number of Topliss-reactive ketones (excluding diaryl/α,β-unsaturated/α-hetero) is 1. The Morgan fingerprint density at radius 2 is 1.89 bits per heavy atom. The molecule has 1 N–H and O–H groups in total. The molecule has 10 nitrogen and oxygen atoms in total. The van der Waals surface area contributed by atoms with E-state index in [9.17, 15) is 24.8 Å². The Kier molecular flexibility index (Phi) is 5.46. The summed E-state index contributed by atoms with van der Waals surface area (Å²) < 4.78 is 5.24. The number of carbonyl (C=O) groups is 2. The summed E-state index contributed by atoms with van der Waals surface area (Å²) in [5, 5.41) is 32.1. The van der Waals surface area contributed by atoms with Crippen molar-refractivity contribution in [1.82, 2.24) is 10.2 Å². The zero-order valence-corrected chi connectivity index (χ0v) is 18.9. The Morgan fingerprint density at radius 3 is 2.60 bits per heavy atom. The van der Waals surface area contributed by atoms with Crippen molar-refractivity contribution in [2.45, 2.75) is 6.04 Å². The highest BCUT2D eigenvalue weighted by Crippen LogP contribution is 2.43. The fourth-order valence-corrected chi connectivity index (χ4v) is 4.66. The molecule has 4 aromatic rings. The van der Waals surface area contributed by atoms with Gasteiger partial charge in [0.15, 0.2) is 0 Å². The van der Waals surface area contributed by atoms with Crippen molar-refractivity contribution in [3.05, 3.63) is 93.0 Å². The topological polar surface area (TPSA) is 136 Å². The Morgan fingerprint density at radius 1 is 1.11 bits per heavy atom. The molecule has 0 aliphatic carbocycles. The highest BCUT2D eigenvalue weighted by molar-refractivity contribution is 7.13. The van der Waals surface area contributed by atoms with Crippen LogP contribution >= 0.6 is 11.3 Å². The third kappa shape index (κ3) is 3.77. The van der Waals surface area contributed by atoms with E-state index in [0.717, 1.165) is 27.0 Å². The van der Waals surface area contributed by atoms with Crippen molar-refractivity contribution >= 4 is 50.4 Å². The fourth-order valence-electron chi connectivity index (χ4n) is 4.08. The average Bonchev–Trinajstić information content (AvgIpc) is 3.49. The minimum Gasteiger partial charge on any atom is -0.507 e. The van der Waals surface area contributed by atoms with Crippen LogP contribution in [0.2, 0.25) is 0 Å². The summed E-state index contributed by atoms with van der Waals surface area (Å²) in [6.07, 6.45) is 0. The second-order valence-electron chi connectivity index (χ2n) is 7.67. The standard InChI is InChI=1S/C24H16N4O6S/c1-34-18-8-7-13-9-16(6-5-14(13)11-18)21(29)19-20(15-3-2-4-17(10-15)28(32)33)27(23(31)22(19)30)24-26-25-12-35-24/h2-12,20,29H,1H3/b21-19+. The SMILES string of the molecule is COc1ccc2cc(/C(O)=C3\C(=O)C(=O)N(c4nncs4)C3c3cccc([N+](=O)[O-])c3)ccc2c1. The lowest BCUT2D eigenvalue weighted by atomic mass is 9.94. The summed E-state index contributed by atoms with van der Waals surface area (Å²) in [6, 6.07) is 14.9. The largest absolute Gasteiger partial charge is 0.507 e. The average molecular weight is 488 g/mol. The van der Waals surface area contributed by atoms with Gasteiger partial charge in [-0.05, 0) is 34.5 Å². The maximum absolute atomic E-state index is 13.2. The summed E-state index contributed by atoms with van der Waals surface area (Å²) in [5.74, 6) is -1.57. The smallest absolute Gasteiger partial charge is 0.301 e. The third-order valence-electron chi connectivity index (χ3n) is 5.72. The third-order valence-corrected chi connectivity index (χ3v) is 6.41. The van der Waals surface area contributed by atoms with Gasteiger partial charge < -0.3 is 9.84 Å². The number of rotatable bonds is 5. The minimum atomic E-state index is -1.13. The summed E-state index contributed by atoms with van der Waals surface area (Å²) in [5.41, 5.74) is 1.58. The number of nitro benzene ring substituents is 1. The fraction of sp³-hybridized carbons (Fsp3) is 0.0833. The Bertz CT molecular complexity index is 1530. The van der Waals surface area contributed by atoms with Crippen molar-refractivity contribution in [3.63, 3.8) is 0 Å². The predicted octanol–water partition coefficient (Wildman–Crippen LogP) is 4.23. The number of hydrogen-bond acceptors (Lipinski definition) is 9. The summed E-state index contributed by atoms with van der Waals surface area (Å²) in [7, 11) is 1.56. The molecule has 1 aliphatic rings. The molecule has 1 aliphatic heterocycles. The molecule has 0 saturated carbocycles. The molecule has 35 heavy (non-hydrogen) atoms. The van der Waals surface area contributed by atoms with Crippen LogP contribution in [0.4, 0.5) is 10.8 Å². The molecule has 2 heterocycles. The van der Waals surface area contributed by atoms with Crippen molar-refractivity contribution in [2.24, 2.45) is 0 Å². The molecular formula is C24H16N4O6S. The molecule has 3 aromatic carbocycles. The first kappa shape index (κ1) is 22.2. The molecule has 0 spiro atoms. The highest BCUT2D eigenvalue weighted by atomic mass is 32.1. The van der Waals surface area contributed by atoms with Gasteiger partial charge in [-0.2, -0.15) is 0 Å². The van der Waals surface area contributed by atoms with Gasteiger partial charge in [0.05, 0.1) is 23.6 Å².